The predicted octanol–water partition coefficient (Wildman–Crippen LogP) is 2.12. The molecule has 1 aliphatic carbocycles. The summed E-state index contributed by atoms with van der Waals surface area (Å²) < 4.78 is 5.28. The number of hydrogen-bond donors (Lipinski definition) is 1. The van der Waals surface area contributed by atoms with Crippen molar-refractivity contribution in [1.29, 1.82) is 0 Å². The van der Waals surface area contributed by atoms with Crippen molar-refractivity contribution in [1.82, 2.24) is 15.1 Å². The maximum absolute atomic E-state index is 12.4. The van der Waals surface area contributed by atoms with E-state index in [0.717, 1.165) is 37.7 Å². The van der Waals surface area contributed by atoms with Gasteiger partial charge < -0.3 is 15.0 Å². The van der Waals surface area contributed by atoms with E-state index in [2.05, 4.69) is 37.4 Å². The second-order valence-electron chi connectivity index (χ2n) is 7.10. The van der Waals surface area contributed by atoms with Gasteiger partial charge in [-0.25, -0.2) is 0 Å². The van der Waals surface area contributed by atoms with Gasteiger partial charge in [0.25, 0.3) is 0 Å². The van der Waals surface area contributed by atoms with E-state index in [9.17, 15) is 4.79 Å². The zero-order chi connectivity index (χ0) is 18.6. The molecule has 1 N–H and O–H groups in total. The van der Waals surface area contributed by atoms with Crippen LogP contribution in [-0.2, 0) is 4.79 Å². The van der Waals surface area contributed by atoms with Crippen LogP contribution in [-0.4, -0.2) is 60.8 Å². The van der Waals surface area contributed by atoms with Crippen molar-refractivity contribution in [3.05, 3.63) is 42.1 Å². The minimum Gasteiger partial charge on any atom is -0.495 e. The number of methoxy groups -OCH3 is 1. The Morgan fingerprint density at radius 1 is 1.11 bits per heavy atom. The van der Waals surface area contributed by atoms with Crippen LogP contribution in [0.15, 0.2) is 36.4 Å². The lowest BCUT2D eigenvalue weighted by Gasteiger charge is -2.34. The fourth-order valence-corrected chi connectivity index (χ4v) is 3.38. The summed E-state index contributed by atoms with van der Waals surface area (Å²) in [5.41, 5.74) is 1.82. The number of aromatic nitrogens is 2. The second kappa shape index (κ2) is 7.92. The van der Waals surface area contributed by atoms with Crippen LogP contribution in [0.25, 0.3) is 0 Å². The monoisotopic (exact) mass is 367 g/mol. The van der Waals surface area contributed by atoms with E-state index in [4.69, 9.17) is 4.74 Å². The first-order valence-electron chi connectivity index (χ1n) is 9.47. The van der Waals surface area contributed by atoms with Crippen LogP contribution < -0.4 is 15.0 Å². The third kappa shape index (κ3) is 4.36. The van der Waals surface area contributed by atoms with Crippen LogP contribution in [0.5, 0.6) is 5.75 Å². The van der Waals surface area contributed by atoms with Crippen molar-refractivity contribution in [3.63, 3.8) is 0 Å². The summed E-state index contributed by atoms with van der Waals surface area (Å²) in [4.78, 5) is 16.8. The number of rotatable bonds is 6. The Bertz CT molecular complexity index is 783. The van der Waals surface area contributed by atoms with Gasteiger partial charge in [-0.05, 0) is 37.1 Å². The number of anilines is 2. The Hall–Kier alpha value is -2.67. The topological polar surface area (TPSA) is 70.6 Å². The van der Waals surface area contributed by atoms with Crippen molar-refractivity contribution in [2.24, 2.45) is 0 Å². The van der Waals surface area contributed by atoms with E-state index in [1.165, 1.54) is 12.8 Å². The maximum Gasteiger partial charge on any atom is 0.238 e. The summed E-state index contributed by atoms with van der Waals surface area (Å²) in [6.45, 7) is 3.72. The molecule has 0 atom stereocenters. The van der Waals surface area contributed by atoms with Crippen LogP contribution in [0, 0.1) is 0 Å². The molecule has 1 amide bonds. The van der Waals surface area contributed by atoms with Gasteiger partial charge in [-0.1, -0.05) is 12.1 Å². The number of para-hydroxylation sites is 2. The largest absolute Gasteiger partial charge is 0.495 e. The van der Waals surface area contributed by atoms with Gasteiger partial charge in [-0.3, -0.25) is 9.69 Å². The number of carbonyl (C=O) groups is 1. The third-order valence-electron chi connectivity index (χ3n) is 5.11. The van der Waals surface area contributed by atoms with Gasteiger partial charge in [0, 0.05) is 32.1 Å². The molecule has 0 spiro atoms. The third-order valence-corrected chi connectivity index (χ3v) is 5.11. The number of benzene rings is 1. The van der Waals surface area contributed by atoms with Crippen molar-refractivity contribution < 1.29 is 9.53 Å². The fourth-order valence-electron chi connectivity index (χ4n) is 3.38. The van der Waals surface area contributed by atoms with Crippen molar-refractivity contribution in [3.8, 4) is 5.75 Å². The lowest BCUT2D eigenvalue weighted by Crippen LogP contribution is -2.49. The SMILES string of the molecule is COc1ccccc1NC(=O)CN1CCN(c2ccc(C3CC3)nn2)CC1. The zero-order valence-electron chi connectivity index (χ0n) is 15.6. The average Bonchev–Trinajstić information content (AvgIpc) is 3.54. The zero-order valence-corrected chi connectivity index (χ0v) is 15.6. The van der Waals surface area contributed by atoms with Crippen LogP contribution in [0.1, 0.15) is 24.5 Å². The van der Waals surface area contributed by atoms with E-state index in [1.54, 1.807) is 7.11 Å². The lowest BCUT2D eigenvalue weighted by molar-refractivity contribution is -0.117. The molecule has 1 aliphatic heterocycles. The highest BCUT2D eigenvalue weighted by Crippen LogP contribution is 2.38. The smallest absolute Gasteiger partial charge is 0.238 e. The lowest BCUT2D eigenvalue weighted by atomic mass is 10.2. The highest BCUT2D eigenvalue weighted by atomic mass is 16.5. The van der Waals surface area contributed by atoms with Crippen molar-refractivity contribution >= 4 is 17.4 Å². The molecule has 2 heterocycles. The number of carbonyl (C=O) groups excluding carboxylic acids is 1. The van der Waals surface area contributed by atoms with E-state index >= 15 is 0 Å². The molecule has 0 unspecified atom stereocenters. The Morgan fingerprint density at radius 2 is 1.89 bits per heavy atom. The molecule has 2 aromatic rings. The summed E-state index contributed by atoms with van der Waals surface area (Å²) in [5.74, 6) is 2.20. The normalized spacial score (nSPS) is 17.6. The first kappa shape index (κ1) is 17.7. The molecule has 142 valence electrons. The summed E-state index contributed by atoms with van der Waals surface area (Å²) in [6, 6.07) is 11.6. The molecule has 1 saturated carbocycles. The van der Waals surface area contributed by atoms with Gasteiger partial charge in [0.2, 0.25) is 5.91 Å². The van der Waals surface area contributed by atoms with E-state index in [1.807, 2.05) is 24.3 Å². The summed E-state index contributed by atoms with van der Waals surface area (Å²) in [6.07, 6.45) is 2.48. The molecule has 4 rings (SSSR count). The van der Waals surface area contributed by atoms with Gasteiger partial charge in [0.1, 0.15) is 5.75 Å². The van der Waals surface area contributed by atoms with Crippen LogP contribution in [0.2, 0.25) is 0 Å². The van der Waals surface area contributed by atoms with Crippen molar-refractivity contribution in [2.45, 2.75) is 18.8 Å². The molecule has 2 aliphatic rings. The van der Waals surface area contributed by atoms with Gasteiger partial charge in [0.05, 0.1) is 25.0 Å². The Kier molecular flexibility index (Phi) is 5.20. The first-order valence-corrected chi connectivity index (χ1v) is 9.47. The molecular formula is C20H25N5O2. The number of hydrogen-bond acceptors (Lipinski definition) is 6. The molecule has 0 bridgehead atoms. The minimum atomic E-state index is -0.0264. The van der Waals surface area contributed by atoms with Gasteiger partial charge in [-0.15, -0.1) is 5.10 Å². The summed E-state index contributed by atoms with van der Waals surface area (Å²) in [7, 11) is 1.60. The quantitative estimate of drug-likeness (QED) is 0.843. The number of nitrogens with zero attached hydrogens (tertiary/aromatic N) is 4. The van der Waals surface area contributed by atoms with Crippen LogP contribution in [0.4, 0.5) is 11.5 Å². The number of piperazine rings is 1. The molecule has 2 fully saturated rings. The minimum absolute atomic E-state index is 0.0264. The summed E-state index contributed by atoms with van der Waals surface area (Å²) in [5, 5.41) is 11.7. The molecule has 1 saturated heterocycles. The standard InChI is InChI=1S/C20H25N5O2/c1-27-18-5-3-2-4-17(18)21-20(26)14-24-10-12-25(13-11-24)19-9-8-16(22-23-19)15-6-7-15/h2-5,8-9,15H,6-7,10-14H2,1H3,(H,21,26). The second-order valence-corrected chi connectivity index (χ2v) is 7.10. The van der Waals surface area contributed by atoms with Crippen LogP contribution in [0.3, 0.4) is 0 Å². The fraction of sp³-hybridized carbons (Fsp3) is 0.450. The molecule has 0 radical (unpaired) electrons. The van der Waals surface area contributed by atoms with E-state index < -0.39 is 0 Å². The molecule has 7 nitrogen and oxygen atoms in total. The van der Waals surface area contributed by atoms with Gasteiger partial charge in [0.15, 0.2) is 5.82 Å². The molecular weight excluding hydrogens is 342 g/mol. The van der Waals surface area contributed by atoms with Gasteiger partial charge >= 0.3 is 0 Å². The first-order chi connectivity index (χ1) is 13.2. The predicted molar refractivity (Wildman–Crippen MR) is 104 cm³/mol. The number of ether oxygens (including phenoxy) is 1. The molecule has 1 aromatic carbocycles. The number of nitrogens with one attached hydrogen (secondary N) is 1. The number of amides is 1. The van der Waals surface area contributed by atoms with E-state index in [0.29, 0.717) is 23.9 Å². The van der Waals surface area contributed by atoms with E-state index in [-0.39, 0.29) is 5.91 Å². The molecule has 27 heavy (non-hydrogen) atoms. The maximum atomic E-state index is 12.4. The average molecular weight is 367 g/mol. The van der Waals surface area contributed by atoms with Gasteiger partial charge in [-0.2, -0.15) is 5.10 Å². The molecule has 7 heteroatoms. The highest BCUT2D eigenvalue weighted by Gasteiger charge is 2.26. The Balaban J connectivity index is 1.27. The van der Waals surface area contributed by atoms with Crippen LogP contribution >= 0.6 is 0 Å². The van der Waals surface area contributed by atoms with Crippen molar-refractivity contribution in [2.75, 3.05) is 50.1 Å². The summed E-state index contributed by atoms with van der Waals surface area (Å²) >= 11 is 0. The Labute approximate surface area is 159 Å². The molecule has 1 aromatic heterocycles. The highest BCUT2D eigenvalue weighted by molar-refractivity contribution is 5.93. The Morgan fingerprint density at radius 3 is 2.56 bits per heavy atom.